The standard InChI is InChI=1S/C16H27N5O2/c1-5-7-9-20(6-2)10-8-11-21-15(22)13-14(17-12-18(13)3)19(4)16(21)23/h12H,5-11H2,1-4H3. The molecule has 0 fully saturated rings. The van der Waals surface area contributed by atoms with Crippen molar-refractivity contribution < 1.29 is 0 Å². The number of hydrogen-bond acceptors (Lipinski definition) is 4. The van der Waals surface area contributed by atoms with Crippen LogP contribution in [0.4, 0.5) is 0 Å². The maximum Gasteiger partial charge on any atom is 0.332 e. The quantitative estimate of drug-likeness (QED) is 0.726. The minimum absolute atomic E-state index is 0.250. The van der Waals surface area contributed by atoms with Crippen LogP contribution in [0.2, 0.25) is 0 Å². The van der Waals surface area contributed by atoms with Crippen LogP contribution in [0.25, 0.3) is 11.2 Å². The van der Waals surface area contributed by atoms with Crippen LogP contribution in [0, 0.1) is 0 Å². The molecule has 0 spiro atoms. The normalized spacial score (nSPS) is 11.7. The second kappa shape index (κ2) is 7.59. The Morgan fingerprint density at radius 3 is 2.48 bits per heavy atom. The molecule has 0 N–H and O–H groups in total. The molecular weight excluding hydrogens is 294 g/mol. The van der Waals surface area contributed by atoms with Gasteiger partial charge >= 0.3 is 5.69 Å². The first-order valence-electron chi connectivity index (χ1n) is 8.34. The van der Waals surface area contributed by atoms with Gasteiger partial charge in [0.05, 0.1) is 6.33 Å². The van der Waals surface area contributed by atoms with Gasteiger partial charge in [-0.05, 0) is 32.5 Å². The molecule has 0 saturated carbocycles. The number of rotatable bonds is 8. The topological polar surface area (TPSA) is 65.1 Å². The highest BCUT2D eigenvalue weighted by molar-refractivity contribution is 5.69. The maximum atomic E-state index is 12.6. The van der Waals surface area contributed by atoms with Gasteiger partial charge in [-0.3, -0.25) is 13.9 Å². The van der Waals surface area contributed by atoms with Gasteiger partial charge in [-0.2, -0.15) is 0 Å². The zero-order chi connectivity index (χ0) is 17.0. The lowest BCUT2D eigenvalue weighted by Crippen LogP contribution is -2.40. The van der Waals surface area contributed by atoms with Crippen molar-refractivity contribution in [2.24, 2.45) is 14.1 Å². The number of unbranched alkanes of at least 4 members (excludes halogenated alkanes) is 1. The summed E-state index contributed by atoms with van der Waals surface area (Å²) in [5, 5.41) is 0. The summed E-state index contributed by atoms with van der Waals surface area (Å²) in [6.07, 6.45) is 4.71. The molecule has 23 heavy (non-hydrogen) atoms. The summed E-state index contributed by atoms with van der Waals surface area (Å²) in [4.78, 5) is 31.5. The molecular formula is C16H27N5O2. The Balaban J connectivity index is 2.19. The molecule has 0 aromatic carbocycles. The lowest BCUT2D eigenvalue weighted by molar-refractivity contribution is 0.273. The first-order valence-corrected chi connectivity index (χ1v) is 8.34. The Morgan fingerprint density at radius 2 is 1.83 bits per heavy atom. The molecule has 128 valence electrons. The highest BCUT2D eigenvalue weighted by Gasteiger charge is 2.14. The van der Waals surface area contributed by atoms with Crippen LogP contribution < -0.4 is 11.2 Å². The minimum Gasteiger partial charge on any atom is -0.328 e. The van der Waals surface area contributed by atoms with Crippen molar-refractivity contribution >= 4 is 11.2 Å². The van der Waals surface area contributed by atoms with Crippen molar-refractivity contribution in [2.45, 2.75) is 39.7 Å². The molecule has 7 nitrogen and oxygen atoms in total. The largest absolute Gasteiger partial charge is 0.332 e. The molecule has 0 radical (unpaired) electrons. The number of fused-ring (bicyclic) bond motifs is 1. The van der Waals surface area contributed by atoms with Gasteiger partial charge in [0.25, 0.3) is 5.56 Å². The third-order valence-corrected chi connectivity index (χ3v) is 4.33. The summed E-state index contributed by atoms with van der Waals surface area (Å²) in [5.74, 6) is 0. The molecule has 0 atom stereocenters. The first kappa shape index (κ1) is 17.5. The van der Waals surface area contributed by atoms with Crippen LogP contribution in [-0.4, -0.2) is 43.2 Å². The molecule has 0 aliphatic carbocycles. The summed E-state index contributed by atoms with van der Waals surface area (Å²) >= 11 is 0. The highest BCUT2D eigenvalue weighted by atomic mass is 16.2. The Morgan fingerprint density at radius 1 is 1.13 bits per heavy atom. The van der Waals surface area contributed by atoms with Crippen molar-refractivity contribution in [3.63, 3.8) is 0 Å². The van der Waals surface area contributed by atoms with E-state index in [0.29, 0.717) is 17.7 Å². The number of nitrogens with zero attached hydrogens (tertiary/aromatic N) is 5. The Labute approximate surface area is 136 Å². The second-order valence-electron chi connectivity index (χ2n) is 5.97. The Hall–Kier alpha value is -1.89. The van der Waals surface area contributed by atoms with Crippen LogP contribution in [0.1, 0.15) is 33.1 Å². The summed E-state index contributed by atoms with van der Waals surface area (Å²) in [7, 11) is 3.43. The SMILES string of the molecule is CCCCN(CC)CCCn1c(=O)c2c(ncn2C)n(C)c1=O. The van der Waals surface area contributed by atoms with Gasteiger partial charge < -0.3 is 9.47 Å². The Kier molecular flexibility index (Phi) is 5.76. The van der Waals surface area contributed by atoms with Crippen molar-refractivity contribution in [3.05, 3.63) is 27.2 Å². The first-order chi connectivity index (χ1) is 11.0. The van der Waals surface area contributed by atoms with Crippen LogP contribution in [0.15, 0.2) is 15.9 Å². The van der Waals surface area contributed by atoms with E-state index >= 15 is 0 Å². The summed E-state index contributed by atoms with van der Waals surface area (Å²) in [6.45, 7) is 7.72. The number of aromatic nitrogens is 4. The molecule has 7 heteroatoms. The predicted molar refractivity (Wildman–Crippen MR) is 91.9 cm³/mol. The van der Waals surface area contributed by atoms with Gasteiger partial charge in [-0.1, -0.05) is 20.3 Å². The average molecular weight is 321 g/mol. The number of aryl methyl sites for hydroxylation is 2. The van der Waals surface area contributed by atoms with Crippen LogP contribution in [-0.2, 0) is 20.6 Å². The number of hydrogen-bond donors (Lipinski definition) is 0. The molecule has 2 rings (SSSR count). The van der Waals surface area contributed by atoms with Crippen molar-refractivity contribution in [1.29, 1.82) is 0 Å². The molecule has 0 bridgehead atoms. The fraction of sp³-hybridized carbons (Fsp3) is 0.688. The highest BCUT2D eigenvalue weighted by Crippen LogP contribution is 2.03. The molecule has 0 saturated heterocycles. The molecule has 2 aromatic rings. The van der Waals surface area contributed by atoms with E-state index in [2.05, 4.69) is 23.7 Å². The van der Waals surface area contributed by atoms with Gasteiger partial charge in [0.15, 0.2) is 11.2 Å². The van der Waals surface area contributed by atoms with E-state index in [1.54, 1.807) is 25.0 Å². The minimum atomic E-state index is -0.294. The molecule has 0 amide bonds. The lowest BCUT2D eigenvalue weighted by atomic mass is 10.3. The van der Waals surface area contributed by atoms with E-state index in [-0.39, 0.29) is 11.2 Å². The lowest BCUT2D eigenvalue weighted by Gasteiger charge is -2.20. The van der Waals surface area contributed by atoms with Gasteiger partial charge in [-0.15, -0.1) is 0 Å². The zero-order valence-electron chi connectivity index (χ0n) is 14.6. The van der Waals surface area contributed by atoms with E-state index in [1.165, 1.54) is 22.0 Å². The molecule has 0 aliphatic rings. The summed E-state index contributed by atoms with van der Waals surface area (Å²) < 4.78 is 4.45. The third-order valence-electron chi connectivity index (χ3n) is 4.33. The van der Waals surface area contributed by atoms with E-state index in [0.717, 1.165) is 26.1 Å². The van der Waals surface area contributed by atoms with Crippen LogP contribution in [0.3, 0.4) is 0 Å². The van der Waals surface area contributed by atoms with Crippen molar-refractivity contribution in [3.8, 4) is 0 Å². The third kappa shape index (κ3) is 3.55. The summed E-state index contributed by atoms with van der Waals surface area (Å²) in [6, 6.07) is 0. The fourth-order valence-electron chi connectivity index (χ4n) is 2.86. The van der Waals surface area contributed by atoms with Crippen molar-refractivity contribution in [2.75, 3.05) is 19.6 Å². The van der Waals surface area contributed by atoms with Gasteiger partial charge in [0, 0.05) is 20.6 Å². The monoisotopic (exact) mass is 321 g/mol. The van der Waals surface area contributed by atoms with Gasteiger partial charge in [0.2, 0.25) is 0 Å². The predicted octanol–water partition coefficient (Wildman–Crippen LogP) is 0.946. The van der Waals surface area contributed by atoms with Gasteiger partial charge in [-0.25, -0.2) is 9.78 Å². The van der Waals surface area contributed by atoms with Crippen LogP contribution >= 0.6 is 0 Å². The second-order valence-corrected chi connectivity index (χ2v) is 5.97. The van der Waals surface area contributed by atoms with E-state index in [9.17, 15) is 9.59 Å². The average Bonchev–Trinajstić information content (AvgIpc) is 2.93. The molecule has 0 aliphatic heterocycles. The Bertz CT molecular complexity index is 771. The molecule has 2 heterocycles. The van der Waals surface area contributed by atoms with E-state index in [1.807, 2.05) is 0 Å². The smallest absolute Gasteiger partial charge is 0.328 e. The number of imidazole rings is 1. The fourth-order valence-corrected chi connectivity index (χ4v) is 2.86. The van der Waals surface area contributed by atoms with E-state index in [4.69, 9.17) is 0 Å². The van der Waals surface area contributed by atoms with E-state index < -0.39 is 0 Å². The molecule has 2 aromatic heterocycles. The maximum absolute atomic E-state index is 12.6. The van der Waals surface area contributed by atoms with Crippen molar-refractivity contribution in [1.82, 2.24) is 23.6 Å². The molecule has 0 unspecified atom stereocenters. The zero-order valence-corrected chi connectivity index (χ0v) is 14.6. The van der Waals surface area contributed by atoms with Gasteiger partial charge in [0.1, 0.15) is 0 Å². The summed E-state index contributed by atoms with van der Waals surface area (Å²) in [5.41, 5.74) is 0.375. The van der Waals surface area contributed by atoms with Crippen LogP contribution in [0.5, 0.6) is 0 Å².